The second-order valence-electron chi connectivity index (χ2n) is 3.87. The van der Waals surface area contributed by atoms with Crippen molar-refractivity contribution >= 4 is 21.4 Å². The second kappa shape index (κ2) is 2.62. The molecule has 0 saturated heterocycles. The fraction of sp³-hybridized carbons (Fsp3) is 0.231. The maximum atomic E-state index is 5.58. The number of hydrogen-bond donors (Lipinski definition) is 0. The number of rotatable bonds is 1. The Bertz CT molecular complexity index is 490. The third-order valence-electron chi connectivity index (χ3n) is 2.92. The normalized spacial score (nSPS) is 17.9. The Morgan fingerprint density at radius 1 is 1.29 bits per heavy atom. The van der Waals surface area contributed by atoms with Gasteiger partial charge in [0.15, 0.2) is 0 Å². The molecule has 2 aromatic rings. The van der Waals surface area contributed by atoms with Crippen molar-refractivity contribution in [1.82, 2.24) is 0 Å². The van der Waals surface area contributed by atoms with Gasteiger partial charge in [-0.3, -0.25) is 0 Å². The van der Waals surface area contributed by atoms with E-state index in [0.717, 1.165) is 12.8 Å². The van der Waals surface area contributed by atoms with Gasteiger partial charge in [0.1, 0.15) is 0 Å². The SMILES string of the molecule is C#CC1(c2cc3ccccc3s2)CC1. The van der Waals surface area contributed by atoms with E-state index in [1.807, 2.05) is 11.3 Å². The molecule has 0 nitrogen and oxygen atoms in total. The number of thiophene rings is 1. The van der Waals surface area contributed by atoms with Gasteiger partial charge in [-0.15, -0.1) is 17.8 Å². The first-order valence-electron chi connectivity index (χ1n) is 4.81. The molecule has 0 amide bonds. The summed E-state index contributed by atoms with van der Waals surface area (Å²) >= 11 is 1.85. The summed E-state index contributed by atoms with van der Waals surface area (Å²) in [6.45, 7) is 0. The summed E-state index contributed by atoms with van der Waals surface area (Å²) in [6.07, 6.45) is 7.91. The van der Waals surface area contributed by atoms with E-state index in [4.69, 9.17) is 6.42 Å². The van der Waals surface area contributed by atoms with Crippen LogP contribution in [-0.4, -0.2) is 0 Å². The van der Waals surface area contributed by atoms with Gasteiger partial charge in [-0.2, -0.15) is 0 Å². The Morgan fingerprint density at radius 3 is 2.71 bits per heavy atom. The minimum absolute atomic E-state index is 0.101. The lowest BCUT2D eigenvalue weighted by atomic mass is 10.1. The van der Waals surface area contributed by atoms with Gasteiger partial charge >= 0.3 is 0 Å². The standard InChI is InChI=1S/C13H10S/c1-2-13(7-8-13)12-9-10-5-3-4-6-11(10)14-12/h1,3-6,9H,7-8H2. The maximum Gasteiger partial charge on any atom is 0.0655 e. The van der Waals surface area contributed by atoms with Crippen molar-refractivity contribution in [2.75, 3.05) is 0 Å². The molecular weight excluding hydrogens is 188 g/mol. The monoisotopic (exact) mass is 198 g/mol. The van der Waals surface area contributed by atoms with Crippen LogP contribution in [0, 0.1) is 12.3 Å². The van der Waals surface area contributed by atoms with Gasteiger partial charge in [-0.05, 0) is 30.4 Å². The molecule has 1 heteroatoms. The van der Waals surface area contributed by atoms with Gasteiger partial charge in [0, 0.05) is 9.58 Å². The van der Waals surface area contributed by atoms with Crippen molar-refractivity contribution in [2.24, 2.45) is 0 Å². The maximum absolute atomic E-state index is 5.58. The first-order chi connectivity index (χ1) is 6.84. The molecule has 0 unspecified atom stereocenters. The fourth-order valence-electron chi connectivity index (χ4n) is 1.80. The first kappa shape index (κ1) is 8.08. The van der Waals surface area contributed by atoms with E-state index in [9.17, 15) is 0 Å². The largest absolute Gasteiger partial charge is 0.139 e. The average molecular weight is 198 g/mol. The predicted molar refractivity (Wildman–Crippen MR) is 61.6 cm³/mol. The van der Waals surface area contributed by atoms with Crippen LogP contribution in [0.25, 0.3) is 10.1 Å². The quantitative estimate of drug-likeness (QED) is 0.614. The molecule has 1 heterocycles. The topological polar surface area (TPSA) is 0 Å². The van der Waals surface area contributed by atoms with Crippen LogP contribution in [0.4, 0.5) is 0 Å². The predicted octanol–water partition coefficient (Wildman–Crippen LogP) is 3.57. The molecule has 0 atom stereocenters. The first-order valence-corrected chi connectivity index (χ1v) is 5.63. The summed E-state index contributed by atoms with van der Waals surface area (Å²) in [6, 6.07) is 10.7. The molecule has 1 aliphatic carbocycles. The van der Waals surface area contributed by atoms with Crippen molar-refractivity contribution in [3.63, 3.8) is 0 Å². The summed E-state index contributed by atoms with van der Waals surface area (Å²) in [5, 5.41) is 1.33. The zero-order valence-electron chi connectivity index (χ0n) is 7.79. The number of hydrogen-bond acceptors (Lipinski definition) is 1. The van der Waals surface area contributed by atoms with E-state index in [1.54, 1.807) is 0 Å². The molecule has 1 fully saturated rings. The molecule has 0 N–H and O–H groups in total. The third-order valence-corrected chi connectivity index (χ3v) is 4.24. The molecule has 0 bridgehead atoms. The molecule has 0 radical (unpaired) electrons. The van der Waals surface area contributed by atoms with Crippen molar-refractivity contribution in [3.05, 3.63) is 35.2 Å². The van der Waals surface area contributed by atoms with E-state index < -0.39 is 0 Å². The highest BCUT2D eigenvalue weighted by molar-refractivity contribution is 7.19. The van der Waals surface area contributed by atoms with Crippen LogP contribution in [-0.2, 0) is 5.41 Å². The van der Waals surface area contributed by atoms with Crippen LogP contribution in [0.5, 0.6) is 0 Å². The summed E-state index contributed by atoms with van der Waals surface area (Å²) in [4.78, 5) is 1.38. The Labute approximate surface area is 87.6 Å². The molecule has 1 saturated carbocycles. The van der Waals surface area contributed by atoms with Crippen LogP contribution in [0.1, 0.15) is 17.7 Å². The van der Waals surface area contributed by atoms with Gasteiger partial charge in [0.05, 0.1) is 5.41 Å². The summed E-state index contributed by atoms with van der Waals surface area (Å²) in [7, 11) is 0. The zero-order chi connectivity index (χ0) is 9.60. The highest BCUT2D eigenvalue weighted by Crippen LogP contribution is 2.50. The van der Waals surface area contributed by atoms with Gasteiger partial charge in [-0.1, -0.05) is 24.1 Å². The highest BCUT2D eigenvalue weighted by Gasteiger charge is 2.43. The lowest BCUT2D eigenvalue weighted by molar-refractivity contribution is 0.963. The van der Waals surface area contributed by atoms with Crippen molar-refractivity contribution in [1.29, 1.82) is 0 Å². The van der Waals surface area contributed by atoms with E-state index in [1.165, 1.54) is 15.0 Å². The lowest BCUT2D eigenvalue weighted by Gasteiger charge is -2.00. The van der Waals surface area contributed by atoms with Gasteiger partial charge < -0.3 is 0 Å². The van der Waals surface area contributed by atoms with Crippen molar-refractivity contribution < 1.29 is 0 Å². The molecule has 1 aliphatic rings. The summed E-state index contributed by atoms with van der Waals surface area (Å²) in [5.41, 5.74) is 0.101. The molecular formula is C13H10S. The highest BCUT2D eigenvalue weighted by atomic mass is 32.1. The Kier molecular flexibility index (Phi) is 1.51. The van der Waals surface area contributed by atoms with Gasteiger partial charge in [-0.25, -0.2) is 0 Å². The van der Waals surface area contributed by atoms with Crippen LogP contribution in [0.3, 0.4) is 0 Å². The zero-order valence-corrected chi connectivity index (χ0v) is 8.60. The molecule has 68 valence electrons. The molecule has 1 aromatic heterocycles. The Balaban J connectivity index is 2.21. The fourth-order valence-corrected chi connectivity index (χ4v) is 3.08. The molecule has 14 heavy (non-hydrogen) atoms. The number of benzene rings is 1. The molecule has 1 aromatic carbocycles. The third kappa shape index (κ3) is 1.01. The van der Waals surface area contributed by atoms with Gasteiger partial charge in [0.25, 0.3) is 0 Å². The Hall–Kier alpha value is -1.26. The minimum Gasteiger partial charge on any atom is -0.139 e. The summed E-state index contributed by atoms with van der Waals surface area (Å²) < 4.78 is 1.35. The van der Waals surface area contributed by atoms with Crippen LogP contribution < -0.4 is 0 Å². The number of terminal acetylenes is 1. The van der Waals surface area contributed by atoms with Gasteiger partial charge in [0.2, 0.25) is 0 Å². The smallest absolute Gasteiger partial charge is 0.0655 e. The average Bonchev–Trinajstić information content (AvgIpc) is 2.91. The Morgan fingerprint density at radius 2 is 2.07 bits per heavy atom. The van der Waals surface area contributed by atoms with E-state index >= 15 is 0 Å². The minimum atomic E-state index is 0.101. The van der Waals surface area contributed by atoms with E-state index in [0.29, 0.717) is 0 Å². The second-order valence-corrected chi connectivity index (χ2v) is 4.96. The van der Waals surface area contributed by atoms with E-state index in [-0.39, 0.29) is 5.41 Å². The van der Waals surface area contributed by atoms with Crippen molar-refractivity contribution in [3.8, 4) is 12.3 Å². The number of fused-ring (bicyclic) bond motifs is 1. The lowest BCUT2D eigenvalue weighted by Crippen LogP contribution is -1.97. The molecule has 0 aliphatic heterocycles. The van der Waals surface area contributed by atoms with Crippen LogP contribution >= 0.6 is 11.3 Å². The van der Waals surface area contributed by atoms with Crippen LogP contribution in [0.2, 0.25) is 0 Å². The summed E-state index contributed by atoms with van der Waals surface area (Å²) in [5.74, 6) is 2.94. The van der Waals surface area contributed by atoms with Crippen molar-refractivity contribution in [2.45, 2.75) is 18.3 Å². The molecule has 3 rings (SSSR count). The van der Waals surface area contributed by atoms with Crippen LogP contribution in [0.15, 0.2) is 30.3 Å². The van der Waals surface area contributed by atoms with E-state index in [2.05, 4.69) is 36.3 Å². The molecule has 0 spiro atoms.